The van der Waals surface area contributed by atoms with Gasteiger partial charge in [0.1, 0.15) is 5.76 Å². The minimum Gasteiger partial charge on any atom is -0.475 e. The van der Waals surface area contributed by atoms with E-state index >= 15 is 0 Å². The number of hydrogen-bond acceptors (Lipinski definition) is 4. The maximum absolute atomic E-state index is 10.7. The zero-order chi connectivity index (χ0) is 12.4. The van der Waals surface area contributed by atoms with E-state index in [2.05, 4.69) is 24.1 Å². The summed E-state index contributed by atoms with van der Waals surface area (Å²) in [5.74, 6) is -0.293. The minimum absolute atomic E-state index is 0.0104. The molecule has 2 N–H and O–H groups in total. The summed E-state index contributed by atoms with van der Waals surface area (Å²) in [6, 6.07) is 4.15. The lowest BCUT2D eigenvalue weighted by Crippen LogP contribution is -2.53. The van der Waals surface area contributed by atoms with Crippen molar-refractivity contribution in [2.24, 2.45) is 0 Å². The molecule has 5 heteroatoms. The predicted octanol–water partition coefficient (Wildman–Crippen LogP) is 1.16. The Balaban J connectivity index is 1.97. The quantitative estimate of drug-likeness (QED) is 0.827. The molecule has 0 saturated carbocycles. The normalized spacial score (nSPS) is 26.0. The van der Waals surface area contributed by atoms with E-state index in [0.717, 1.165) is 13.1 Å². The van der Waals surface area contributed by atoms with Crippen LogP contribution < -0.4 is 5.32 Å². The highest BCUT2D eigenvalue weighted by Gasteiger charge is 2.22. The zero-order valence-corrected chi connectivity index (χ0v) is 10.1. The molecule has 0 amide bonds. The van der Waals surface area contributed by atoms with Crippen molar-refractivity contribution in [2.75, 3.05) is 13.1 Å². The summed E-state index contributed by atoms with van der Waals surface area (Å²) in [6.45, 7) is 6.87. The molecule has 0 radical (unpaired) electrons. The van der Waals surface area contributed by atoms with Gasteiger partial charge in [-0.15, -0.1) is 0 Å². The SMILES string of the molecule is CC1CN(Cc2ccc(C(=O)O)o2)CC(C)N1. The fourth-order valence-electron chi connectivity index (χ4n) is 2.37. The van der Waals surface area contributed by atoms with Crippen LogP contribution >= 0.6 is 0 Å². The van der Waals surface area contributed by atoms with E-state index < -0.39 is 5.97 Å². The molecule has 1 aliphatic rings. The van der Waals surface area contributed by atoms with E-state index in [0.29, 0.717) is 24.4 Å². The Morgan fingerprint density at radius 3 is 2.65 bits per heavy atom. The van der Waals surface area contributed by atoms with Gasteiger partial charge in [-0.05, 0) is 26.0 Å². The Labute approximate surface area is 100 Å². The molecule has 2 unspecified atom stereocenters. The topological polar surface area (TPSA) is 65.7 Å². The van der Waals surface area contributed by atoms with Gasteiger partial charge >= 0.3 is 5.97 Å². The number of carbonyl (C=O) groups is 1. The summed E-state index contributed by atoms with van der Waals surface area (Å²) in [7, 11) is 0. The standard InChI is InChI=1S/C12H18N2O3/c1-8-5-14(6-9(2)13-8)7-10-3-4-11(17-10)12(15)16/h3-4,8-9,13H,5-7H2,1-2H3,(H,15,16). The molecule has 0 spiro atoms. The number of piperazine rings is 1. The summed E-state index contributed by atoms with van der Waals surface area (Å²) >= 11 is 0. The second kappa shape index (κ2) is 4.89. The Bertz CT molecular complexity index is 392. The highest BCUT2D eigenvalue weighted by Crippen LogP contribution is 2.13. The largest absolute Gasteiger partial charge is 0.475 e. The molecule has 2 rings (SSSR count). The van der Waals surface area contributed by atoms with Crippen LogP contribution in [0.5, 0.6) is 0 Å². The summed E-state index contributed by atoms with van der Waals surface area (Å²) < 4.78 is 5.26. The monoisotopic (exact) mass is 238 g/mol. The van der Waals surface area contributed by atoms with Crippen LogP contribution in [-0.2, 0) is 6.54 Å². The summed E-state index contributed by atoms with van der Waals surface area (Å²) in [4.78, 5) is 13.0. The Kier molecular flexibility index (Phi) is 3.49. The second-order valence-electron chi connectivity index (χ2n) is 4.73. The molecular formula is C12H18N2O3. The summed E-state index contributed by atoms with van der Waals surface area (Å²) in [5.41, 5.74) is 0. The minimum atomic E-state index is -1.02. The van der Waals surface area contributed by atoms with Crippen LogP contribution in [0.2, 0.25) is 0 Å². The van der Waals surface area contributed by atoms with Crippen LogP contribution in [-0.4, -0.2) is 41.1 Å². The van der Waals surface area contributed by atoms with Crippen LogP contribution in [0.3, 0.4) is 0 Å². The number of furan rings is 1. The van der Waals surface area contributed by atoms with Crippen LogP contribution in [0.25, 0.3) is 0 Å². The Hall–Kier alpha value is -1.33. The first-order valence-electron chi connectivity index (χ1n) is 5.85. The first-order chi connectivity index (χ1) is 8.04. The molecule has 2 atom stereocenters. The van der Waals surface area contributed by atoms with E-state index in [1.54, 1.807) is 6.07 Å². The Morgan fingerprint density at radius 2 is 2.12 bits per heavy atom. The molecule has 0 aromatic carbocycles. The third-order valence-electron chi connectivity index (χ3n) is 2.89. The molecular weight excluding hydrogens is 220 g/mol. The average Bonchev–Trinajstić information content (AvgIpc) is 2.64. The molecule has 5 nitrogen and oxygen atoms in total. The number of rotatable bonds is 3. The van der Waals surface area contributed by atoms with Crippen molar-refractivity contribution in [1.29, 1.82) is 0 Å². The molecule has 0 bridgehead atoms. The van der Waals surface area contributed by atoms with E-state index in [4.69, 9.17) is 9.52 Å². The van der Waals surface area contributed by atoms with Gasteiger partial charge in [-0.1, -0.05) is 0 Å². The Morgan fingerprint density at radius 1 is 1.47 bits per heavy atom. The highest BCUT2D eigenvalue weighted by atomic mass is 16.4. The van der Waals surface area contributed by atoms with Gasteiger partial charge in [0, 0.05) is 25.2 Å². The average molecular weight is 238 g/mol. The van der Waals surface area contributed by atoms with Gasteiger partial charge in [-0.3, -0.25) is 4.90 Å². The predicted molar refractivity (Wildman–Crippen MR) is 63.0 cm³/mol. The summed E-state index contributed by atoms with van der Waals surface area (Å²) in [6.07, 6.45) is 0. The fraction of sp³-hybridized carbons (Fsp3) is 0.583. The van der Waals surface area contributed by atoms with Gasteiger partial charge in [-0.25, -0.2) is 4.79 Å². The van der Waals surface area contributed by atoms with Gasteiger partial charge < -0.3 is 14.8 Å². The second-order valence-corrected chi connectivity index (χ2v) is 4.73. The van der Waals surface area contributed by atoms with Crippen molar-refractivity contribution in [2.45, 2.75) is 32.5 Å². The van der Waals surface area contributed by atoms with Gasteiger partial charge in [0.25, 0.3) is 0 Å². The van der Waals surface area contributed by atoms with Crippen molar-refractivity contribution < 1.29 is 14.3 Å². The number of hydrogen-bond donors (Lipinski definition) is 2. The molecule has 1 aromatic heterocycles. The number of aromatic carboxylic acids is 1. The number of carboxylic acids is 1. The number of carboxylic acid groups (broad SMARTS) is 1. The summed E-state index contributed by atoms with van der Waals surface area (Å²) in [5, 5.41) is 12.2. The molecule has 2 heterocycles. The maximum Gasteiger partial charge on any atom is 0.371 e. The van der Waals surface area contributed by atoms with E-state index in [9.17, 15) is 4.79 Å². The lowest BCUT2D eigenvalue weighted by atomic mass is 10.1. The van der Waals surface area contributed by atoms with E-state index in [1.807, 2.05) is 0 Å². The molecule has 1 fully saturated rings. The number of nitrogens with one attached hydrogen (secondary N) is 1. The zero-order valence-electron chi connectivity index (χ0n) is 10.1. The van der Waals surface area contributed by atoms with Gasteiger partial charge in [0.15, 0.2) is 0 Å². The third kappa shape index (κ3) is 3.08. The van der Waals surface area contributed by atoms with Crippen LogP contribution in [0.1, 0.15) is 30.2 Å². The van der Waals surface area contributed by atoms with Crippen molar-refractivity contribution in [1.82, 2.24) is 10.2 Å². The van der Waals surface area contributed by atoms with Gasteiger partial charge in [0.05, 0.1) is 6.54 Å². The van der Waals surface area contributed by atoms with Gasteiger partial charge in [0.2, 0.25) is 5.76 Å². The van der Waals surface area contributed by atoms with Crippen molar-refractivity contribution in [3.63, 3.8) is 0 Å². The molecule has 17 heavy (non-hydrogen) atoms. The van der Waals surface area contributed by atoms with E-state index in [1.165, 1.54) is 6.07 Å². The van der Waals surface area contributed by atoms with Crippen molar-refractivity contribution in [3.05, 3.63) is 23.7 Å². The highest BCUT2D eigenvalue weighted by molar-refractivity contribution is 5.84. The third-order valence-corrected chi connectivity index (χ3v) is 2.89. The van der Waals surface area contributed by atoms with E-state index in [-0.39, 0.29) is 5.76 Å². The van der Waals surface area contributed by atoms with Crippen LogP contribution in [0.4, 0.5) is 0 Å². The smallest absolute Gasteiger partial charge is 0.371 e. The fourth-order valence-corrected chi connectivity index (χ4v) is 2.37. The van der Waals surface area contributed by atoms with Crippen molar-refractivity contribution >= 4 is 5.97 Å². The molecule has 94 valence electrons. The lowest BCUT2D eigenvalue weighted by molar-refractivity contribution is 0.0656. The lowest BCUT2D eigenvalue weighted by Gasteiger charge is -2.35. The molecule has 1 aromatic rings. The van der Waals surface area contributed by atoms with Crippen LogP contribution in [0.15, 0.2) is 16.5 Å². The van der Waals surface area contributed by atoms with Crippen molar-refractivity contribution in [3.8, 4) is 0 Å². The van der Waals surface area contributed by atoms with Crippen LogP contribution in [0, 0.1) is 0 Å². The number of nitrogens with zero attached hydrogens (tertiary/aromatic N) is 1. The first-order valence-corrected chi connectivity index (χ1v) is 5.85. The first kappa shape index (κ1) is 12.1. The van der Waals surface area contributed by atoms with Gasteiger partial charge in [-0.2, -0.15) is 0 Å². The molecule has 1 aliphatic heterocycles. The maximum atomic E-state index is 10.7. The molecule has 0 aliphatic carbocycles. The molecule has 1 saturated heterocycles.